The number of halogens is 4. The minimum absolute atomic E-state index is 0.00204. The van der Waals surface area contributed by atoms with E-state index in [1.165, 1.54) is 0 Å². The van der Waals surface area contributed by atoms with Crippen molar-refractivity contribution in [1.82, 2.24) is 9.97 Å². The number of hydrogen-bond donors (Lipinski definition) is 0. The SMILES string of the molecule is O=[N+]([O-])c1cc(F)c(Oc2ncnc(Cl)c2CCl)cc1F. The quantitative estimate of drug-likeness (QED) is 0.367. The summed E-state index contributed by atoms with van der Waals surface area (Å²) in [7, 11) is 0. The lowest BCUT2D eigenvalue weighted by atomic mass is 10.2. The molecule has 1 aromatic heterocycles. The summed E-state index contributed by atoms with van der Waals surface area (Å²) >= 11 is 11.4. The molecule has 1 aromatic carbocycles. The summed E-state index contributed by atoms with van der Waals surface area (Å²) in [6.45, 7) is 0. The largest absolute Gasteiger partial charge is 0.435 e. The normalized spacial score (nSPS) is 10.5. The van der Waals surface area contributed by atoms with Gasteiger partial charge >= 0.3 is 5.69 Å². The van der Waals surface area contributed by atoms with E-state index in [0.29, 0.717) is 12.1 Å². The van der Waals surface area contributed by atoms with E-state index in [0.717, 1.165) is 6.33 Å². The zero-order chi connectivity index (χ0) is 15.6. The van der Waals surface area contributed by atoms with E-state index in [4.69, 9.17) is 27.9 Å². The molecule has 6 nitrogen and oxygen atoms in total. The maximum Gasteiger partial charge on any atom is 0.307 e. The average molecular weight is 336 g/mol. The molecule has 0 radical (unpaired) electrons. The second-order valence-corrected chi connectivity index (χ2v) is 4.30. The molecule has 0 saturated heterocycles. The first-order valence-corrected chi connectivity index (χ1v) is 6.22. The van der Waals surface area contributed by atoms with Gasteiger partial charge in [0.15, 0.2) is 11.6 Å². The first kappa shape index (κ1) is 15.3. The number of nitro groups is 1. The average Bonchev–Trinajstić information content (AvgIpc) is 2.42. The predicted molar refractivity (Wildman–Crippen MR) is 69.7 cm³/mol. The molecule has 0 bridgehead atoms. The van der Waals surface area contributed by atoms with Crippen molar-refractivity contribution >= 4 is 28.9 Å². The fraction of sp³-hybridized carbons (Fsp3) is 0.0909. The van der Waals surface area contributed by atoms with Crippen LogP contribution in [0.4, 0.5) is 14.5 Å². The van der Waals surface area contributed by atoms with Gasteiger partial charge in [-0.2, -0.15) is 4.39 Å². The number of rotatable bonds is 4. The van der Waals surface area contributed by atoms with Crippen molar-refractivity contribution in [2.75, 3.05) is 0 Å². The monoisotopic (exact) mass is 335 g/mol. The highest BCUT2D eigenvalue weighted by Crippen LogP contribution is 2.32. The van der Waals surface area contributed by atoms with Crippen molar-refractivity contribution in [3.63, 3.8) is 0 Å². The van der Waals surface area contributed by atoms with Crippen LogP contribution in [0.5, 0.6) is 11.6 Å². The van der Waals surface area contributed by atoms with Gasteiger partial charge in [0.1, 0.15) is 11.5 Å². The van der Waals surface area contributed by atoms with Crippen molar-refractivity contribution in [2.24, 2.45) is 0 Å². The fourth-order valence-corrected chi connectivity index (χ4v) is 1.92. The molecule has 110 valence electrons. The molecule has 10 heteroatoms. The van der Waals surface area contributed by atoms with Crippen LogP contribution in [0.2, 0.25) is 5.15 Å². The lowest BCUT2D eigenvalue weighted by Crippen LogP contribution is -2.00. The van der Waals surface area contributed by atoms with E-state index < -0.39 is 28.0 Å². The first-order valence-electron chi connectivity index (χ1n) is 5.30. The molecule has 2 rings (SSSR count). The van der Waals surface area contributed by atoms with E-state index in [9.17, 15) is 18.9 Å². The number of alkyl halides is 1. The molecule has 0 atom stereocenters. The highest BCUT2D eigenvalue weighted by molar-refractivity contribution is 6.31. The second kappa shape index (κ2) is 6.15. The van der Waals surface area contributed by atoms with Crippen LogP contribution >= 0.6 is 23.2 Å². The Bertz CT molecular complexity index is 715. The minimum atomic E-state index is -1.25. The molecule has 0 saturated carbocycles. The summed E-state index contributed by atoms with van der Waals surface area (Å²) in [5.74, 6) is -3.25. The van der Waals surface area contributed by atoms with E-state index in [2.05, 4.69) is 9.97 Å². The van der Waals surface area contributed by atoms with Gasteiger partial charge in [-0.15, -0.1) is 11.6 Å². The third-order valence-electron chi connectivity index (χ3n) is 2.39. The molecule has 0 unspecified atom stereocenters. The van der Waals surface area contributed by atoms with E-state index >= 15 is 0 Å². The third kappa shape index (κ3) is 3.17. The van der Waals surface area contributed by atoms with E-state index in [1.807, 2.05) is 0 Å². The summed E-state index contributed by atoms with van der Waals surface area (Å²) in [6.07, 6.45) is 1.05. The zero-order valence-corrected chi connectivity index (χ0v) is 11.5. The summed E-state index contributed by atoms with van der Waals surface area (Å²) < 4.78 is 32.2. The molecule has 1 heterocycles. The summed E-state index contributed by atoms with van der Waals surface area (Å²) in [5.41, 5.74) is -0.822. The number of ether oxygens (including phenoxy) is 1. The molecule has 21 heavy (non-hydrogen) atoms. The van der Waals surface area contributed by atoms with Crippen LogP contribution in [-0.4, -0.2) is 14.9 Å². The molecular weight excluding hydrogens is 331 g/mol. The molecule has 0 N–H and O–H groups in total. The maximum atomic E-state index is 13.7. The Kier molecular flexibility index (Phi) is 4.49. The van der Waals surface area contributed by atoms with Crippen molar-refractivity contribution < 1.29 is 18.4 Å². The van der Waals surface area contributed by atoms with Crippen LogP contribution in [0.1, 0.15) is 5.56 Å². The van der Waals surface area contributed by atoms with Gasteiger partial charge in [0.25, 0.3) is 0 Å². The lowest BCUT2D eigenvalue weighted by molar-refractivity contribution is -0.387. The van der Waals surface area contributed by atoms with Gasteiger partial charge in [-0.1, -0.05) is 11.6 Å². The molecule has 0 fully saturated rings. The van der Waals surface area contributed by atoms with Gasteiger partial charge in [-0.05, 0) is 0 Å². The van der Waals surface area contributed by atoms with Crippen LogP contribution in [0.3, 0.4) is 0 Å². The van der Waals surface area contributed by atoms with Gasteiger partial charge in [0, 0.05) is 6.07 Å². The van der Waals surface area contributed by atoms with Crippen LogP contribution in [0, 0.1) is 21.7 Å². The summed E-state index contributed by atoms with van der Waals surface area (Å²) in [4.78, 5) is 16.8. The van der Waals surface area contributed by atoms with Crippen LogP contribution in [0.25, 0.3) is 0 Å². The molecule has 0 aliphatic carbocycles. The van der Waals surface area contributed by atoms with Gasteiger partial charge in [-0.25, -0.2) is 14.4 Å². The topological polar surface area (TPSA) is 78.2 Å². The Morgan fingerprint density at radius 1 is 1.29 bits per heavy atom. The van der Waals surface area contributed by atoms with Gasteiger partial charge in [0.2, 0.25) is 11.7 Å². The van der Waals surface area contributed by atoms with Crippen molar-refractivity contribution in [2.45, 2.75) is 5.88 Å². The summed E-state index contributed by atoms with van der Waals surface area (Å²) in [6, 6.07) is 0.954. The number of aromatic nitrogens is 2. The Balaban J connectivity index is 2.43. The second-order valence-electron chi connectivity index (χ2n) is 3.68. The number of hydrogen-bond acceptors (Lipinski definition) is 5. The zero-order valence-electron chi connectivity index (χ0n) is 10.0. The Hall–Kier alpha value is -2.06. The van der Waals surface area contributed by atoms with Crippen LogP contribution in [-0.2, 0) is 5.88 Å². The molecular formula is C11H5Cl2F2N3O3. The Morgan fingerprint density at radius 3 is 2.62 bits per heavy atom. The minimum Gasteiger partial charge on any atom is -0.435 e. The van der Waals surface area contributed by atoms with Crippen LogP contribution in [0.15, 0.2) is 18.5 Å². The smallest absolute Gasteiger partial charge is 0.307 e. The molecule has 2 aromatic rings. The molecule has 0 aliphatic rings. The molecule has 0 aliphatic heterocycles. The molecule has 0 spiro atoms. The number of nitrogens with zero attached hydrogens (tertiary/aromatic N) is 3. The summed E-state index contributed by atoms with van der Waals surface area (Å²) in [5, 5.41) is 10.5. The highest BCUT2D eigenvalue weighted by Gasteiger charge is 2.21. The van der Waals surface area contributed by atoms with Crippen molar-refractivity contribution in [3.05, 3.63) is 50.9 Å². The third-order valence-corrected chi connectivity index (χ3v) is 2.98. The lowest BCUT2D eigenvalue weighted by Gasteiger charge is -2.09. The van der Waals surface area contributed by atoms with Crippen molar-refractivity contribution in [1.29, 1.82) is 0 Å². The first-order chi connectivity index (χ1) is 9.93. The Morgan fingerprint density at radius 2 is 2.00 bits per heavy atom. The van der Waals surface area contributed by atoms with Gasteiger partial charge in [0.05, 0.1) is 22.4 Å². The highest BCUT2D eigenvalue weighted by atomic mass is 35.5. The van der Waals surface area contributed by atoms with E-state index in [-0.39, 0.29) is 22.5 Å². The van der Waals surface area contributed by atoms with E-state index in [1.54, 1.807) is 0 Å². The number of nitro benzene ring substituents is 1. The maximum absolute atomic E-state index is 13.7. The van der Waals surface area contributed by atoms with Crippen LogP contribution < -0.4 is 4.74 Å². The predicted octanol–water partition coefficient (Wildman–Crippen LogP) is 3.85. The molecule has 0 amide bonds. The van der Waals surface area contributed by atoms with Gasteiger partial charge in [-0.3, -0.25) is 10.1 Å². The number of benzene rings is 1. The fourth-order valence-electron chi connectivity index (χ4n) is 1.42. The standard InChI is InChI=1S/C11H5Cl2F2N3O3/c12-3-5-10(13)16-4-17-11(5)21-9-2-6(14)8(18(19)20)1-7(9)15/h1-2,4H,3H2. The Labute approximate surface area is 126 Å². The van der Waals surface area contributed by atoms with Gasteiger partial charge < -0.3 is 4.74 Å². The van der Waals surface area contributed by atoms with Crippen molar-refractivity contribution in [3.8, 4) is 11.6 Å².